The predicted molar refractivity (Wildman–Crippen MR) is 51.7 cm³/mol. The van der Waals surface area contributed by atoms with Gasteiger partial charge in [-0.1, -0.05) is 23.2 Å². The Morgan fingerprint density at radius 3 is 2.69 bits per heavy atom. The van der Waals surface area contributed by atoms with Crippen LogP contribution in [0.25, 0.3) is 10.9 Å². The number of nitrogens with zero attached hydrogens (tertiary/aromatic N) is 1. The van der Waals surface area contributed by atoms with Crippen LogP contribution in [0.2, 0.25) is 10.2 Å². The van der Waals surface area contributed by atoms with Crippen LogP contribution in [0.4, 0.5) is 4.39 Å². The van der Waals surface area contributed by atoms with Crippen molar-refractivity contribution in [1.82, 2.24) is 4.98 Å². The zero-order chi connectivity index (χ0) is 9.42. The van der Waals surface area contributed by atoms with Crippen LogP contribution in [0.15, 0.2) is 24.3 Å². The normalized spacial score (nSPS) is 10.7. The van der Waals surface area contributed by atoms with E-state index in [1.807, 2.05) is 0 Å². The highest BCUT2D eigenvalue weighted by Gasteiger charge is 2.02. The summed E-state index contributed by atoms with van der Waals surface area (Å²) in [7, 11) is 0. The first-order chi connectivity index (χ1) is 6.16. The second-order valence-electron chi connectivity index (χ2n) is 2.60. The van der Waals surface area contributed by atoms with Crippen LogP contribution in [-0.4, -0.2) is 4.98 Å². The molecule has 0 spiro atoms. The molecule has 2 rings (SSSR count). The van der Waals surface area contributed by atoms with Gasteiger partial charge in [-0.15, -0.1) is 0 Å². The smallest absolute Gasteiger partial charge is 0.148 e. The molecule has 0 aliphatic carbocycles. The van der Waals surface area contributed by atoms with Gasteiger partial charge in [0, 0.05) is 5.39 Å². The Morgan fingerprint density at radius 2 is 1.92 bits per heavy atom. The SMILES string of the molecule is Fc1ccc2nc(Cl)c(Cl)cc2c1. The van der Waals surface area contributed by atoms with E-state index in [9.17, 15) is 4.39 Å². The molecular weight excluding hydrogens is 212 g/mol. The van der Waals surface area contributed by atoms with Gasteiger partial charge in [0.15, 0.2) is 0 Å². The van der Waals surface area contributed by atoms with Gasteiger partial charge in [0.2, 0.25) is 0 Å². The minimum Gasteiger partial charge on any atom is -0.235 e. The first-order valence-electron chi connectivity index (χ1n) is 3.58. The average Bonchev–Trinajstić information content (AvgIpc) is 2.08. The Morgan fingerprint density at radius 1 is 1.15 bits per heavy atom. The molecule has 1 nitrogen and oxygen atoms in total. The van der Waals surface area contributed by atoms with E-state index in [0.29, 0.717) is 15.9 Å². The molecule has 0 bridgehead atoms. The highest BCUT2D eigenvalue weighted by Crippen LogP contribution is 2.24. The number of pyridine rings is 1. The van der Waals surface area contributed by atoms with Gasteiger partial charge in [-0.3, -0.25) is 0 Å². The molecule has 0 fully saturated rings. The molecule has 13 heavy (non-hydrogen) atoms. The van der Waals surface area contributed by atoms with Crippen molar-refractivity contribution >= 4 is 34.1 Å². The molecule has 0 saturated carbocycles. The Bertz CT molecular complexity index is 470. The lowest BCUT2D eigenvalue weighted by molar-refractivity contribution is 0.629. The summed E-state index contributed by atoms with van der Waals surface area (Å²) in [5.41, 5.74) is 0.635. The van der Waals surface area contributed by atoms with Crippen molar-refractivity contribution < 1.29 is 4.39 Å². The third-order valence-corrected chi connectivity index (χ3v) is 2.36. The quantitative estimate of drug-likeness (QED) is 0.612. The maximum absolute atomic E-state index is 12.8. The highest BCUT2D eigenvalue weighted by molar-refractivity contribution is 6.41. The van der Waals surface area contributed by atoms with E-state index in [2.05, 4.69) is 4.98 Å². The molecular formula is C9H4Cl2FN. The molecule has 0 atom stereocenters. The van der Waals surface area contributed by atoms with Crippen molar-refractivity contribution in [3.63, 3.8) is 0 Å². The summed E-state index contributed by atoms with van der Waals surface area (Å²) in [5, 5.41) is 1.22. The van der Waals surface area contributed by atoms with E-state index < -0.39 is 0 Å². The molecule has 0 aliphatic heterocycles. The van der Waals surface area contributed by atoms with Gasteiger partial charge in [-0.05, 0) is 24.3 Å². The lowest BCUT2D eigenvalue weighted by Crippen LogP contribution is -1.82. The van der Waals surface area contributed by atoms with Crippen molar-refractivity contribution in [2.24, 2.45) is 0 Å². The zero-order valence-corrected chi connectivity index (χ0v) is 7.90. The Hall–Kier alpha value is -0.860. The van der Waals surface area contributed by atoms with Crippen LogP contribution >= 0.6 is 23.2 Å². The van der Waals surface area contributed by atoms with Gasteiger partial charge in [0.1, 0.15) is 11.0 Å². The largest absolute Gasteiger partial charge is 0.235 e. The van der Waals surface area contributed by atoms with Crippen LogP contribution in [0.5, 0.6) is 0 Å². The molecule has 1 aromatic carbocycles. The summed E-state index contributed by atoms with van der Waals surface area (Å²) in [4.78, 5) is 3.98. The molecule has 0 N–H and O–H groups in total. The average molecular weight is 216 g/mol. The zero-order valence-electron chi connectivity index (χ0n) is 6.39. The molecule has 66 valence electrons. The number of benzene rings is 1. The summed E-state index contributed by atoms with van der Waals surface area (Å²) in [5.74, 6) is -0.312. The lowest BCUT2D eigenvalue weighted by atomic mass is 10.2. The van der Waals surface area contributed by atoms with Gasteiger partial charge >= 0.3 is 0 Å². The molecule has 1 heterocycles. The molecule has 2 aromatic rings. The van der Waals surface area contributed by atoms with E-state index in [1.54, 1.807) is 12.1 Å². The van der Waals surface area contributed by atoms with Crippen LogP contribution in [0.3, 0.4) is 0 Å². The van der Waals surface area contributed by atoms with Crippen LogP contribution in [-0.2, 0) is 0 Å². The predicted octanol–water partition coefficient (Wildman–Crippen LogP) is 3.68. The monoisotopic (exact) mass is 215 g/mol. The highest BCUT2D eigenvalue weighted by atomic mass is 35.5. The minimum absolute atomic E-state index is 0.237. The Labute approximate surface area is 84.1 Å². The number of halogens is 3. The summed E-state index contributed by atoms with van der Waals surface area (Å²) in [6.45, 7) is 0. The fraction of sp³-hybridized carbons (Fsp3) is 0. The summed E-state index contributed by atoms with van der Waals surface area (Å²) in [6.07, 6.45) is 0. The van der Waals surface area contributed by atoms with Gasteiger partial charge in [-0.2, -0.15) is 0 Å². The fourth-order valence-corrected chi connectivity index (χ4v) is 1.40. The van der Waals surface area contributed by atoms with E-state index in [-0.39, 0.29) is 11.0 Å². The fourth-order valence-electron chi connectivity index (χ4n) is 1.10. The van der Waals surface area contributed by atoms with Crippen LogP contribution in [0, 0.1) is 5.82 Å². The second kappa shape index (κ2) is 3.13. The van der Waals surface area contributed by atoms with Gasteiger partial charge in [0.25, 0.3) is 0 Å². The van der Waals surface area contributed by atoms with E-state index in [4.69, 9.17) is 23.2 Å². The van der Waals surface area contributed by atoms with Gasteiger partial charge in [0.05, 0.1) is 10.5 Å². The molecule has 1 aromatic heterocycles. The van der Waals surface area contributed by atoms with E-state index >= 15 is 0 Å². The van der Waals surface area contributed by atoms with E-state index in [1.165, 1.54) is 12.1 Å². The number of hydrogen-bond donors (Lipinski definition) is 0. The standard InChI is InChI=1S/C9H4Cl2FN/c10-7-4-5-3-6(12)1-2-8(5)13-9(7)11/h1-4H. The maximum atomic E-state index is 12.8. The molecule has 4 heteroatoms. The summed E-state index contributed by atoms with van der Waals surface area (Å²) < 4.78 is 12.8. The summed E-state index contributed by atoms with van der Waals surface area (Å²) >= 11 is 11.4. The third-order valence-electron chi connectivity index (χ3n) is 1.69. The minimum atomic E-state index is -0.312. The first-order valence-corrected chi connectivity index (χ1v) is 4.34. The van der Waals surface area contributed by atoms with Crippen molar-refractivity contribution in [2.45, 2.75) is 0 Å². The van der Waals surface area contributed by atoms with E-state index in [0.717, 1.165) is 0 Å². The molecule has 0 radical (unpaired) electrons. The van der Waals surface area contributed by atoms with Crippen LogP contribution < -0.4 is 0 Å². The van der Waals surface area contributed by atoms with Crippen molar-refractivity contribution in [3.05, 3.63) is 40.3 Å². The van der Waals surface area contributed by atoms with Crippen molar-refractivity contribution in [1.29, 1.82) is 0 Å². The van der Waals surface area contributed by atoms with Gasteiger partial charge < -0.3 is 0 Å². The summed E-state index contributed by atoms with van der Waals surface area (Å²) in [6, 6.07) is 5.85. The molecule has 0 aliphatic rings. The van der Waals surface area contributed by atoms with Crippen molar-refractivity contribution in [3.8, 4) is 0 Å². The number of hydrogen-bond acceptors (Lipinski definition) is 1. The third kappa shape index (κ3) is 1.60. The maximum Gasteiger partial charge on any atom is 0.148 e. The van der Waals surface area contributed by atoms with Crippen LogP contribution in [0.1, 0.15) is 0 Å². The number of fused-ring (bicyclic) bond motifs is 1. The molecule has 0 saturated heterocycles. The Kier molecular flexibility index (Phi) is 2.10. The topological polar surface area (TPSA) is 12.9 Å². The van der Waals surface area contributed by atoms with Crippen molar-refractivity contribution in [2.75, 3.05) is 0 Å². The molecule has 0 unspecified atom stereocenters. The first kappa shape index (κ1) is 8.73. The second-order valence-corrected chi connectivity index (χ2v) is 3.36. The number of rotatable bonds is 0. The molecule has 0 amide bonds. The number of aromatic nitrogens is 1. The van der Waals surface area contributed by atoms with Gasteiger partial charge in [-0.25, -0.2) is 9.37 Å². The Balaban J connectivity index is 2.81. The lowest BCUT2D eigenvalue weighted by Gasteiger charge is -1.99.